The van der Waals surface area contributed by atoms with Crippen LogP contribution in [0.4, 0.5) is 0 Å². The summed E-state index contributed by atoms with van der Waals surface area (Å²) >= 11 is 5.80. The molecular formula is C11H9ClO2. The van der Waals surface area contributed by atoms with Crippen LogP contribution in [0.25, 0.3) is 0 Å². The summed E-state index contributed by atoms with van der Waals surface area (Å²) in [7, 11) is 0. The van der Waals surface area contributed by atoms with Crippen molar-refractivity contribution in [3.05, 3.63) is 34.9 Å². The van der Waals surface area contributed by atoms with Gasteiger partial charge in [-0.15, -0.1) is 5.92 Å². The highest BCUT2D eigenvalue weighted by Crippen LogP contribution is 2.15. The first-order valence-corrected chi connectivity index (χ1v) is 4.44. The van der Waals surface area contributed by atoms with Gasteiger partial charge in [0.25, 0.3) is 0 Å². The van der Waals surface area contributed by atoms with Crippen molar-refractivity contribution in [2.75, 3.05) is 6.61 Å². The standard InChI is InChI=1S/C11H9ClO2/c1-2-3-8-14-11(13)9-6-4-5-7-10(9)12/h4-7H,8H2,1H3. The molecule has 72 valence electrons. The van der Waals surface area contributed by atoms with Gasteiger partial charge in [0.15, 0.2) is 6.61 Å². The second kappa shape index (κ2) is 5.31. The number of esters is 1. The molecule has 0 aliphatic carbocycles. The largest absolute Gasteiger partial charge is 0.449 e. The third-order valence-corrected chi connectivity index (χ3v) is 1.88. The minimum absolute atomic E-state index is 0.0978. The predicted molar refractivity (Wildman–Crippen MR) is 55.2 cm³/mol. The Morgan fingerprint density at radius 3 is 2.86 bits per heavy atom. The smallest absolute Gasteiger partial charge is 0.340 e. The minimum atomic E-state index is -0.446. The number of hydrogen-bond acceptors (Lipinski definition) is 2. The van der Waals surface area contributed by atoms with Crippen molar-refractivity contribution in [2.24, 2.45) is 0 Å². The highest BCUT2D eigenvalue weighted by molar-refractivity contribution is 6.33. The van der Waals surface area contributed by atoms with Gasteiger partial charge in [0.2, 0.25) is 0 Å². The SMILES string of the molecule is CC#CCOC(=O)c1ccccc1Cl. The predicted octanol–water partition coefficient (Wildman–Crippen LogP) is 2.52. The molecule has 1 rings (SSSR count). The summed E-state index contributed by atoms with van der Waals surface area (Å²) in [6, 6.07) is 6.74. The molecule has 1 aromatic carbocycles. The summed E-state index contributed by atoms with van der Waals surface area (Å²) in [4.78, 5) is 11.4. The first-order valence-electron chi connectivity index (χ1n) is 4.07. The summed E-state index contributed by atoms with van der Waals surface area (Å²) in [6.45, 7) is 1.78. The van der Waals surface area contributed by atoms with Crippen LogP contribution in [0.3, 0.4) is 0 Å². The van der Waals surface area contributed by atoms with Crippen LogP contribution >= 0.6 is 11.6 Å². The first-order chi connectivity index (χ1) is 6.75. The molecule has 0 atom stereocenters. The number of ether oxygens (including phenoxy) is 1. The lowest BCUT2D eigenvalue weighted by Crippen LogP contribution is -2.05. The summed E-state index contributed by atoms with van der Waals surface area (Å²) in [5.74, 6) is 4.82. The average Bonchev–Trinajstić information content (AvgIpc) is 2.18. The molecule has 2 nitrogen and oxygen atoms in total. The van der Waals surface area contributed by atoms with Crippen LogP contribution in [-0.2, 0) is 4.74 Å². The van der Waals surface area contributed by atoms with E-state index in [2.05, 4.69) is 11.8 Å². The number of benzene rings is 1. The Kier molecular flexibility index (Phi) is 4.03. The van der Waals surface area contributed by atoms with Crippen LogP contribution in [0.1, 0.15) is 17.3 Å². The third-order valence-electron chi connectivity index (χ3n) is 1.55. The van der Waals surface area contributed by atoms with E-state index in [0.29, 0.717) is 10.6 Å². The third kappa shape index (κ3) is 2.79. The first kappa shape index (κ1) is 10.6. The number of carbonyl (C=O) groups excluding carboxylic acids is 1. The van der Waals surface area contributed by atoms with Crippen molar-refractivity contribution in [1.82, 2.24) is 0 Å². The molecule has 0 fully saturated rings. The molecule has 0 saturated carbocycles. The van der Waals surface area contributed by atoms with Crippen molar-refractivity contribution < 1.29 is 9.53 Å². The Morgan fingerprint density at radius 2 is 2.21 bits per heavy atom. The molecule has 0 bridgehead atoms. The Morgan fingerprint density at radius 1 is 1.50 bits per heavy atom. The molecule has 0 aromatic heterocycles. The van der Waals surface area contributed by atoms with E-state index in [9.17, 15) is 4.79 Å². The molecular weight excluding hydrogens is 200 g/mol. The molecule has 3 heteroatoms. The van der Waals surface area contributed by atoms with Crippen LogP contribution in [0.2, 0.25) is 5.02 Å². The van der Waals surface area contributed by atoms with Gasteiger partial charge in [-0.3, -0.25) is 0 Å². The molecule has 0 saturated heterocycles. The molecule has 0 radical (unpaired) electrons. The van der Waals surface area contributed by atoms with E-state index in [4.69, 9.17) is 16.3 Å². The van der Waals surface area contributed by atoms with E-state index in [1.807, 2.05) is 0 Å². The van der Waals surface area contributed by atoms with Crippen LogP contribution in [0, 0.1) is 11.8 Å². The zero-order valence-corrected chi connectivity index (χ0v) is 8.47. The van der Waals surface area contributed by atoms with Gasteiger partial charge in [0.1, 0.15) is 0 Å². The summed E-state index contributed by atoms with van der Waals surface area (Å²) < 4.78 is 4.85. The van der Waals surface area contributed by atoms with E-state index < -0.39 is 5.97 Å². The van der Waals surface area contributed by atoms with E-state index in [1.54, 1.807) is 31.2 Å². The van der Waals surface area contributed by atoms with Crippen LogP contribution in [0.15, 0.2) is 24.3 Å². The van der Waals surface area contributed by atoms with E-state index >= 15 is 0 Å². The van der Waals surface area contributed by atoms with Crippen LogP contribution in [-0.4, -0.2) is 12.6 Å². The Hall–Kier alpha value is -1.46. The number of rotatable bonds is 2. The van der Waals surface area contributed by atoms with Crippen molar-refractivity contribution in [3.8, 4) is 11.8 Å². The monoisotopic (exact) mass is 208 g/mol. The molecule has 0 heterocycles. The van der Waals surface area contributed by atoms with Gasteiger partial charge < -0.3 is 4.74 Å². The quantitative estimate of drug-likeness (QED) is 0.552. The summed E-state index contributed by atoms with van der Waals surface area (Å²) in [5, 5.41) is 0.391. The van der Waals surface area contributed by atoms with Gasteiger partial charge in [-0.25, -0.2) is 4.79 Å². The number of hydrogen-bond donors (Lipinski definition) is 0. The summed E-state index contributed by atoms with van der Waals surface area (Å²) in [5.41, 5.74) is 0.368. The molecule has 0 spiro atoms. The maximum Gasteiger partial charge on any atom is 0.340 e. The molecule has 1 aromatic rings. The topological polar surface area (TPSA) is 26.3 Å². The van der Waals surface area contributed by atoms with Gasteiger partial charge in [-0.1, -0.05) is 29.7 Å². The van der Waals surface area contributed by atoms with Crippen LogP contribution < -0.4 is 0 Å². The Balaban J connectivity index is 2.68. The molecule has 0 amide bonds. The van der Waals surface area contributed by atoms with Gasteiger partial charge in [0, 0.05) is 0 Å². The van der Waals surface area contributed by atoms with Gasteiger partial charge >= 0.3 is 5.97 Å². The Bertz CT molecular complexity index is 388. The van der Waals surface area contributed by atoms with Crippen molar-refractivity contribution in [1.29, 1.82) is 0 Å². The zero-order chi connectivity index (χ0) is 10.4. The minimum Gasteiger partial charge on any atom is -0.449 e. The second-order valence-electron chi connectivity index (χ2n) is 2.48. The highest BCUT2D eigenvalue weighted by atomic mass is 35.5. The van der Waals surface area contributed by atoms with Gasteiger partial charge in [-0.2, -0.15) is 0 Å². The fraction of sp³-hybridized carbons (Fsp3) is 0.182. The number of halogens is 1. The van der Waals surface area contributed by atoms with Gasteiger partial charge in [0.05, 0.1) is 10.6 Å². The lowest BCUT2D eigenvalue weighted by molar-refractivity contribution is 0.0557. The molecule has 0 N–H and O–H groups in total. The van der Waals surface area contributed by atoms with E-state index in [0.717, 1.165) is 0 Å². The van der Waals surface area contributed by atoms with Crippen LogP contribution in [0.5, 0.6) is 0 Å². The van der Waals surface area contributed by atoms with Gasteiger partial charge in [-0.05, 0) is 19.1 Å². The fourth-order valence-corrected chi connectivity index (χ4v) is 1.09. The lowest BCUT2D eigenvalue weighted by atomic mass is 10.2. The zero-order valence-electron chi connectivity index (χ0n) is 7.71. The Labute approximate surface area is 87.8 Å². The number of carbonyl (C=O) groups is 1. The average molecular weight is 209 g/mol. The normalized spacial score (nSPS) is 8.71. The van der Waals surface area contributed by atoms with E-state index in [-0.39, 0.29) is 6.61 Å². The highest BCUT2D eigenvalue weighted by Gasteiger charge is 2.09. The fourth-order valence-electron chi connectivity index (χ4n) is 0.878. The molecule has 0 aliphatic heterocycles. The lowest BCUT2D eigenvalue weighted by Gasteiger charge is -2.01. The van der Waals surface area contributed by atoms with Crippen molar-refractivity contribution >= 4 is 17.6 Å². The maximum atomic E-state index is 11.4. The summed E-state index contributed by atoms with van der Waals surface area (Å²) in [6.07, 6.45) is 0. The molecule has 0 aliphatic rings. The maximum absolute atomic E-state index is 11.4. The van der Waals surface area contributed by atoms with E-state index in [1.165, 1.54) is 0 Å². The molecule has 14 heavy (non-hydrogen) atoms. The molecule has 0 unspecified atom stereocenters. The van der Waals surface area contributed by atoms with Crippen molar-refractivity contribution in [2.45, 2.75) is 6.92 Å². The van der Waals surface area contributed by atoms with Crippen molar-refractivity contribution in [3.63, 3.8) is 0 Å². The second-order valence-corrected chi connectivity index (χ2v) is 2.89.